The molecular weight excluding hydrogens is 510 g/mol. The summed E-state index contributed by atoms with van der Waals surface area (Å²) < 4.78 is 5.52. The zero-order chi connectivity index (χ0) is 27.6. The van der Waals surface area contributed by atoms with Crippen molar-refractivity contribution >= 4 is 34.9 Å². The van der Waals surface area contributed by atoms with E-state index >= 15 is 0 Å². The van der Waals surface area contributed by atoms with E-state index in [0.717, 1.165) is 11.1 Å². The minimum atomic E-state index is -1.50. The number of hydrogen-bond donors (Lipinski definition) is 1. The number of carbonyl (C=O) groups is 3. The molecule has 40 heavy (non-hydrogen) atoms. The molecule has 1 amide bonds. The molecule has 3 aliphatic rings. The number of Topliss-reactive ketones (excluding diaryl/α,β-unsaturated/α-hetero) is 2. The van der Waals surface area contributed by atoms with Gasteiger partial charge in [-0.3, -0.25) is 24.5 Å². The predicted octanol–water partition coefficient (Wildman–Crippen LogP) is 5.17. The summed E-state index contributed by atoms with van der Waals surface area (Å²) in [5, 5.41) is 14.5. The lowest BCUT2D eigenvalue weighted by atomic mass is 9.63. The fourth-order valence-corrected chi connectivity index (χ4v) is 6.68. The number of anilines is 1. The van der Waals surface area contributed by atoms with Crippen LogP contribution < -0.4 is 5.32 Å². The number of hydrogen-bond acceptors (Lipinski definition) is 7. The number of benzene rings is 3. The summed E-state index contributed by atoms with van der Waals surface area (Å²) in [7, 11) is 0. The average Bonchev–Trinajstić information content (AvgIpc) is 3.69. The summed E-state index contributed by atoms with van der Waals surface area (Å²) in [6, 6.07) is 21.5. The SMILES string of the molecule is O=C(c1ccco1)[C@@H]1[C@H](C(=O)c2cccc([N+](=O)[O-])c2)N2C=Cc3ccccc3[C@H]2[C@]12C(=O)Nc1ccccc12. The molecular formula is C31H21N3O6. The Morgan fingerprint density at radius 2 is 1.75 bits per heavy atom. The van der Waals surface area contributed by atoms with Crippen molar-refractivity contribution in [2.75, 3.05) is 5.32 Å². The smallest absolute Gasteiger partial charge is 0.270 e. The molecule has 0 unspecified atom stereocenters. The Labute approximate surface area is 227 Å². The second-order valence-corrected chi connectivity index (χ2v) is 10.1. The zero-order valence-corrected chi connectivity index (χ0v) is 20.9. The van der Waals surface area contributed by atoms with Crippen molar-refractivity contribution < 1.29 is 23.7 Å². The van der Waals surface area contributed by atoms with Crippen LogP contribution in [0.25, 0.3) is 6.08 Å². The van der Waals surface area contributed by atoms with Crippen molar-refractivity contribution in [3.63, 3.8) is 0 Å². The van der Waals surface area contributed by atoms with E-state index in [1.165, 1.54) is 36.6 Å². The highest BCUT2D eigenvalue weighted by Gasteiger charge is 2.71. The lowest BCUT2D eigenvalue weighted by molar-refractivity contribution is -0.384. The van der Waals surface area contributed by atoms with Gasteiger partial charge in [0, 0.05) is 29.6 Å². The Balaban J connectivity index is 1.53. The molecule has 1 aromatic heterocycles. The van der Waals surface area contributed by atoms with Gasteiger partial charge in [0.15, 0.2) is 11.5 Å². The van der Waals surface area contributed by atoms with E-state index in [1.54, 1.807) is 35.4 Å². The van der Waals surface area contributed by atoms with Gasteiger partial charge in [0.2, 0.25) is 11.7 Å². The van der Waals surface area contributed by atoms with Crippen LogP contribution in [-0.2, 0) is 10.2 Å². The van der Waals surface area contributed by atoms with Gasteiger partial charge >= 0.3 is 0 Å². The molecule has 9 heteroatoms. The van der Waals surface area contributed by atoms with Crippen LogP contribution in [0.4, 0.5) is 11.4 Å². The maximum absolute atomic E-state index is 14.4. The molecule has 1 fully saturated rings. The summed E-state index contributed by atoms with van der Waals surface area (Å²) in [5.41, 5.74) is 1.18. The predicted molar refractivity (Wildman–Crippen MR) is 145 cm³/mol. The lowest BCUT2D eigenvalue weighted by Crippen LogP contribution is -2.49. The number of ketones is 2. The molecule has 0 bridgehead atoms. The Morgan fingerprint density at radius 1 is 0.950 bits per heavy atom. The van der Waals surface area contributed by atoms with Gasteiger partial charge < -0.3 is 14.6 Å². The normalized spacial score (nSPS) is 23.9. The van der Waals surface area contributed by atoms with Crippen LogP contribution in [0.5, 0.6) is 0 Å². The van der Waals surface area contributed by atoms with Crippen LogP contribution in [0.3, 0.4) is 0 Å². The number of nitro groups is 1. The second kappa shape index (κ2) is 8.60. The van der Waals surface area contributed by atoms with Crippen molar-refractivity contribution in [2.24, 2.45) is 5.92 Å². The molecule has 4 atom stereocenters. The highest BCUT2D eigenvalue weighted by atomic mass is 16.6. The Bertz CT molecular complexity index is 1760. The van der Waals surface area contributed by atoms with Crippen LogP contribution in [0.2, 0.25) is 0 Å². The van der Waals surface area contributed by atoms with E-state index in [0.29, 0.717) is 11.3 Å². The fourth-order valence-electron chi connectivity index (χ4n) is 6.68. The molecule has 4 heterocycles. The van der Waals surface area contributed by atoms with Crippen molar-refractivity contribution in [2.45, 2.75) is 17.5 Å². The van der Waals surface area contributed by atoms with Crippen molar-refractivity contribution in [1.29, 1.82) is 0 Å². The summed E-state index contributed by atoms with van der Waals surface area (Å²) in [4.78, 5) is 55.9. The topological polar surface area (TPSA) is 123 Å². The van der Waals surface area contributed by atoms with Crippen molar-refractivity contribution in [1.82, 2.24) is 4.90 Å². The standard InChI is InChI=1S/C31H21N3O6/c35-27(19-8-5-9-20(17-19)34(38)39)26-25(28(36)24-13-6-16-40-24)31(22-11-3-4-12-23(22)32-30(31)37)29-21-10-2-1-7-18(21)14-15-33(26)29/h1-17,25-26,29H,(H,32,37)/t25-,26+,29-,31+/m0/s1. The third-order valence-corrected chi connectivity index (χ3v) is 8.23. The van der Waals surface area contributed by atoms with Crippen LogP contribution >= 0.6 is 0 Å². The van der Waals surface area contributed by atoms with Gasteiger partial charge in [0.25, 0.3) is 5.69 Å². The van der Waals surface area contributed by atoms with E-state index < -0.39 is 45.8 Å². The maximum Gasteiger partial charge on any atom is 0.270 e. The largest absolute Gasteiger partial charge is 0.461 e. The first-order chi connectivity index (χ1) is 19.4. The van der Waals surface area contributed by atoms with Gasteiger partial charge in [0.1, 0.15) is 11.5 Å². The molecule has 3 aliphatic heterocycles. The highest BCUT2D eigenvalue weighted by Crippen LogP contribution is 2.62. The first-order valence-electron chi connectivity index (χ1n) is 12.7. The first kappa shape index (κ1) is 23.8. The van der Waals surface area contributed by atoms with E-state index in [9.17, 15) is 24.5 Å². The summed E-state index contributed by atoms with van der Waals surface area (Å²) in [6.45, 7) is 0. The number of furan rings is 1. The summed E-state index contributed by atoms with van der Waals surface area (Å²) >= 11 is 0. The zero-order valence-electron chi connectivity index (χ0n) is 20.9. The molecule has 9 nitrogen and oxygen atoms in total. The molecule has 7 rings (SSSR count). The molecule has 3 aromatic carbocycles. The van der Waals surface area contributed by atoms with Crippen molar-refractivity contribution in [3.05, 3.63) is 136 Å². The number of fused-ring (bicyclic) bond motifs is 6. The molecule has 0 aliphatic carbocycles. The minimum Gasteiger partial charge on any atom is -0.461 e. The quantitative estimate of drug-likeness (QED) is 0.214. The second-order valence-electron chi connectivity index (χ2n) is 10.1. The van der Waals surface area contributed by atoms with Gasteiger partial charge in [-0.1, -0.05) is 54.6 Å². The van der Waals surface area contributed by atoms with Gasteiger partial charge in [-0.25, -0.2) is 0 Å². The fraction of sp³-hybridized carbons (Fsp3) is 0.129. The number of amides is 1. The number of para-hydroxylation sites is 1. The van der Waals surface area contributed by atoms with Crippen LogP contribution in [0, 0.1) is 16.0 Å². The van der Waals surface area contributed by atoms with E-state index in [1.807, 2.05) is 36.4 Å². The molecule has 1 saturated heterocycles. The van der Waals surface area contributed by atoms with Crippen LogP contribution in [0.1, 0.15) is 43.6 Å². The van der Waals surface area contributed by atoms with Gasteiger partial charge in [-0.2, -0.15) is 0 Å². The first-order valence-corrected chi connectivity index (χ1v) is 12.7. The molecule has 1 spiro atoms. The number of nitrogens with one attached hydrogen (secondary N) is 1. The van der Waals surface area contributed by atoms with E-state index in [2.05, 4.69) is 5.32 Å². The molecule has 4 aromatic rings. The lowest BCUT2D eigenvalue weighted by Gasteiger charge is -2.38. The molecule has 1 N–H and O–H groups in total. The maximum atomic E-state index is 14.4. The number of nitrogens with zero attached hydrogens (tertiary/aromatic N) is 2. The van der Waals surface area contributed by atoms with Gasteiger partial charge in [-0.15, -0.1) is 0 Å². The van der Waals surface area contributed by atoms with E-state index in [-0.39, 0.29) is 17.0 Å². The van der Waals surface area contributed by atoms with Gasteiger partial charge in [-0.05, 0) is 41.0 Å². The Kier molecular flexibility index (Phi) is 5.11. The monoisotopic (exact) mass is 531 g/mol. The highest BCUT2D eigenvalue weighted by molar-refractivity contribution is 6.16. The number of nitro benzene ring substituents is 1. The third-order valence-electron chi connectivity index (χ3n) is 8.23. The molecule has 0 saturated carbocycles. The summed E-state index contributed by atoms with van der Waals surface area (Å²) in [6.07, 6.45) is 4.97. The Morgan fingerprint density at radius 3 is 2.55 bits per heavy atom. The number of carbonyl (C=O) groups excluding carboxylic acids is 3. The Hall–Kier alpha value is -5.31. The van der Waals surface area contributed by atoms with Crippen molar-refractivity contribution in [3.8, 4) is 0 Å². The third kappa shape index (κ3) is 3.11. The minimum absolute atomic E-state index is 0.0236. The number of non-ortho nitro benzene ring substituents is 1. The van der Waals surface area contributed by atoms with Crippen LogP contribution in [0.15, 0.2) is 102 Å². The molecule has 0 radical (unpaired) electrons. The molecule has 196 valence electrons. The number of rotatable bonds is 5. The average molecular weight is 532 g/mol. The van der Waals surface area contributed by atoms with E-state index in [4.69, 9.17) is 4.42 Å². The van der Waals surface area contributed by atoms with Crippen LogP contribution in [-0.4, -0.2) is 33.3 Å². The summed E-state index contributed by atoms with van der Waals surface area (Å²) in [5.74, 6) is -2.59. The van der Waals surface area contributed by atoms with Gasteiger partial charge in [0.05, 0.1) is 23.1 Å².